The molecule has 116 valence electrons. The molecule has 3 rings (SSSR count). The van der Waals surface area contributed by atoms with Crippen molar-refractivity contribution < 1.29 is 9.53 Å². The summed E-state index contributed by atoms with van der Waals surface area (Å²) in [5.41, 5.74) is 1.72. The van der Waals surface area contributed by atoms with Crippen LogP contribution in [0.1, 0.15) is 48.0 Å². The van der Waals surface area contributed by atoms with Gasteiger partial charge in [-0.3, -0.25) is 4.79 Å². The minimum Gasteiger partial charge on any atom is -0.473 e. The van der Waals surface area contributed by atoms with E-state index in [0.29, 0.717) is 24.1 Å². The van der Waals surface area contributed by atoms with Gasteiger partial charge in [-0.2, -0.15) is 11.3 Å². The third kappa shape index (κ3) is 4.07. The quantitative estimate of drug-likeness (QED) is 0.913. The second kappa shape index (κ2) is 7.40. The normalized spacial score (nSPS) is 15.5. The van der Waals surface area contributed by atoms with Crippen molar-refractivity contribution >= 4 is 17.2 Å². The summed E-state index contributed by atoms with van der Waals surface area (Å²) in [6, 6.07) is 5.86. The van der Waals surface area contributed by atoms with Gasteiger partial charge < -0.3 is 10.1 Å². The molecule has 0 bridgehead atoms. The predicted molar refractivity (Wildman–Crippen MR) is 87.2 cm³/mol. The van der Waals surface area contributed by atoms with Crippen molar-refractivity contribution in [3.8, 4) is 5.88 Å². The smallest absolute Gasteiger partial charge is 0.253 e. The van der Waals surface area contributed by atoms with Gasteiger partial charge in [-0.15, -0.1) is 0 Å². The van der Waals surface area contributed by atoms with E-state index in [9.17, 15) is 4.79 Å². The minimum absolute atomic E-state index is 0.0382. The molecule has 0 saturated heterocycles. The third-order valence-electron chi connectivity index (χ3n) is 3.91. The SMILES string of the molecule is O=C(NC1CCCCC1)c1ccc(OCc2ccsc2)nc1. The fourth-order valence-electron chi connectivity index (χ4n) is 2.65. The van der Waals surface area contributed by atoms with Crippen molar-refractivity contribution in [2.45, 2.75) is 44.8 Å². The van der Waals surface area contributed by atoms with Crippen LogP contribution in [-0.4, -0.2) is 16.9 Å². The molecule has 1 N–H and O–H groups in total. The summed E-state index contributed by atoms with van der Waals surface area (Å²) in [7, 11) is 0. The highest BCUT2D eigenvalue weighted by Gasteiger charge is 2.16. The highest BCUT2D eigenvalue weighted by atomic mass is 32.1. The number of hydrogen-bond donors (Lipinski definition) is 1. The summed E-state index contributed by atoms with van der Waals surface area (Å²) in [4.78, 5) is 16.4. The molecule has 0 aromatic carbocycles. The number of ether oxygens (including phenoxy) is 1. The van der Waals surface area contributed by atoms with E-state index in [1.54, 1.807) is 29.7 Å². The largest absolute Gasteiger partial charge is 0.473 e. The monoisotopic (exact) mass is 316 g/mol. The Morgan fingerprint density at radius 2 is 2.14 bits per heavy atom. The highest BCUT2D eigenvalue weighted by molar-refractivity contribution is 7.07. The second-order valence-corrected chi connectivity index (χ2v) is 6.39. The van der Waals surface area contributed by atoms with Crippen LogP contribution in [0.15, 0.2) is 35.2 Å². The molecule has 2 heterocycles. The summed E-state index contributed by atoms with van der Waals surface area (Å²) in [6.07, 6.45) is 7.45. The number of carbonyl (C=O) groups excluding carboxylic acids is 1. The Morgan fingerprint density at radius 1 is 1.27 bits per heavy atom. The van der Waals surface area contributed by atoms with Crippen molar-refractivity contribution in [3.63, 3.8) is 0 Å². The molecule has 1 amide bonds. The topological polar surface area (TPSA) is 51.2 Å². The second-order valence-electron chi connectivity index (χ2n) is 5.61. The van der Waals surface area contributed by atoms with Crippen LogP contribution in [0.2, 0.25) is 0 Å². The van der Waals surface area contributed by atoms with Crippen LogP contribution in [0.25, 0.3) is 0 Å². The zero-order valence-corrected chi connectivity index (χ0v) is 13.3. The first-order valence-corrected chi connectivity index (χ1v) is 8.66. The van der Waals surface area contributed by atoms with Crippen molar-refractivity contribution in [1.29, 1.82) is 0 Å². The standard InChI is InChI=1S/C17H20N2O2S/c20-17(19-15-4-2-1-3-5-15)14-6-7-16(18-10-14)21-11-13-8-9-22-12-13/h6-10,12,15H,1-5,11H2,(H,19,20). The number of nitrogens with one attached hydrogen (secondary N) is 1. The van der Waals surface area contributed by atoms with Crippen LogP contribution >= 0.6 is 11.3 Å². The molecule has 0 aliphatic heterocycles. The van der Waals surface area contributed by atoms with E-state index in [1.807, 2.05) is 16.8 Å². The van der Waals surface area contributed by atoms with Crippen molar-refractivity contribution in [2.75, 3.05) is 0 Å². The number of nitrogens with zero attached hydrogens (tertiary/aromatic N) is 1. The summed E-state index contributed by atoms with van der Waals surface area (Å²) in [5.74, 6) is 0.504. The lowest BCUT2D eigenvalue weighted by Crippen LogP contribution is -2.36. The Labute approximate surface area is 134 Å². The number of carbonyl (C=O) groups is 1. The average Bonchev–Trinajstić information content (AvgIpc) is 3.08. The Morgan fingerprint density at radius 3 is 2.82 bits per heavy atom. The summed E-state index contributed by atoms with van der Waals surface area (Å²) in [5, 5.41) is 7.16. The maximum Gasteiger partial charge on any atom is 0.253 e. The fourth-order valence-corrected chi connectivity index (χ4v) is 3.30. The van der Waals surface area contributed by atoms with Gasteiger partial charge in [0, 0.05) is 23.9 Å². The van der Waals surface area contributed by atoms with Crippen LogP contribution in [0.3, 0.4) is 0 Å². The van der Waals surface area contributed by atoms with E-state index in [4.69, 9.17) is 4.74 Å². The van der Waals surface area contributed by atoms with Gasteiger partial charge in [-0.1, -0.05) is 19.3 Å². The van der Waals surface area contributed by atoms with Gasteiger partial charge in [0.05, 0.1) is 5.56 Å². The molecular weight excluding hydrogens is 296 g/mol. The van der Waals surface area contributed by atoms with Gasteiger partial charge in [-0.05, 0) is 35.7 Å². The van der Waals surface area contributed by atoms with Crippen LogP contribution in [-0.2, 0) is 6.61 Å². The van der Waals surface area contributed by atoms with Gasteiger partial charge in [0.25, 0.3) is 5.91 Å². The third-order valence-corrected chi connectivity index (χ3v) is 4.64. The maximum atomic E-state index is 12.2. The Balaban J connectivity index is 1.52. The molecule has 0 radical (unpaired) electrons. The van der Waals surface area contributed by atoms with Crippen LogP contribution in [0, 0.1) is 0 Å². The fraction of sp³-hybridized carbons (Fsp3) is 0.412. The van der Waals surface area contributed by atoms with Crippen LogP contribution in [0.5, 0.6) is 5.88 Å². The molecule has 2 aromatic heterocycles. The molecule has 0 atom stereocenters. The lowest BCUT2D eigenvalue weighted by Gasteiger charge is -2.22. The molecule has 1 saturated carbocycles. The van der Waals surface area contributed by atoms with Crippen molar-refractivity contribution in [3.05, 3.63) is 46.3 Å². The highest BCUT2D eigenvalue weighted by Crippen LogP contribution is 2.18. The van der Waals surface area contributed by atoms with Gasteiger partial charge in [0.2, 0.25) is 5.88 Å². The molecule has 22 heavy (non-hydrogen) atoms. The van der Waals surface area contributed by atoms with Gasteiger partial charge in [0.15, 0.2) is 0 Å². The molecule has 1 aliphatic carbocycles. The van der Waals surface area contributed by atoms with E-state index >= 15 is 0 Å². The summed E-state index contributed by atoms with van der Waals surface area (Å²) in [6.45, 7) is 0.504. The first kappa shape index (κ1) is 15.0. The molecule has 1 aliphatic rings. The molecular formula is C17H20N2O2S. The number of amides is 1. The number of rotatable bonds is 5. The Kier molecular flexibility index (Phi) is 5.06. The molecule has 4 nitrogen and oxygen atoms in total. The number of thiophene rings is 1. The molecule has 2 aromatic rings. The van der Waals surface area contributed by atoms with E-state index < -0.39 is 0 Å². The van der Waals surface area contributed by atoms with Crippen molar-refractivity contribution in [1.82, 2.24) is 10.3 Å². The number of aromatic nitrogens is 1. The van der Waals surface area contributed by atoms with Gasteiger partial charge >= 0.3 is 0 Å². The minimum atomic E-state index is -0.0382. The van der Waals surface area contributed by atoms with Crippen LogP contribution < -0.4 is 10.1 Å². The molecule has 0 unspecified atom stereocenters. The number of hydrogen-bond acceptors (Lipinski definition) is 4. The summed E-state index contributed by atoms with van der Waals surface area (Å²) >= 11 is 1.64. The van der Waals surface area contributed by atoms with E-state index in [2.05, 4.69) is 10.3 Å². The lowest BCUT2D eigenvalue weighted by molar-refractivity contribution is 0.0927. The zero-order chi connectivity index (χ0) is 15.2. The Hall–Kier alpha value is -1.88. The van der Waals surface area contributed by atoms with Crippen LogP contribution in [0.4, 0.5) is 0 Å². The molecule has 5 heteroatoms. The number of pyridine rings is 1. The summed E-state index contributed by atoms with van der Waals surface area (Å²) < 4.78 is 5.60. The van der Waals surface area contributed by atoms with Gasteiger partial charge in [-0.25, -0.2) is 4.98 Å². The van der Waals surface area contributed by atoms with Crippen molar-refractivity contribution in [2.24, 2.45) is 0 Å². The maximum absolute atomic E-state index is 12.2. The van der Waals surface area contributed by atoms with E-state index in [1.165, 1.54) is 19.3 Å². The predicted octanol–water partition coefficient (Wildman–Crippen LogP) is 3.78. The van der Waals surface area contributed by atoms with E-state index in [0.717, 1.165) is 18.4 Å². The Bertz CT molecular complexity index is 590. The zero-order valence-electron chi connectivity index (χ0n) is 12.5. The lowest BCUT2D eigenvalue weighted by atomic mass is 9.95. The first-order valence-electron chi connectivity index (χ1n) is 7.72. The molecule has 1 fully saturated rings. The van der Waals surface area contributed by atoms with E-state index in [-0.39, 0.29) is 5.91 Å². The first-order chi connectivity index (χ1) is 10.8. The van der Waals surface area contributed by atoms with Gasteiger partial charge in [0.1, 0.15) is 6.61 Å². The molecule has 0 spiro atoms. The average molecular weight is 316 g/mol.